The van der Waals surface area contributed by atoms with Gasteiger partial charge in [-0.2, -0.15) is 0 Å². The lowest BCUT2D eigenvalue weighted by molar-refractivity contribution is -0.386. The van der Waals surface area contributed by atoms with Crippen molar-refractivity contribution in [2.75, 3.05) is 20.8 Å². The van der Waals surface area contributed by atoms with Gasteiger partial charge in [-0.25, -0.2) is 10.2 Å². The van der Waals surface area contributed by atoms with Crippen LogP contribution >= 0.6 is 0 Å². The Hall–Kier alpha value is -2.55. The van der Waals surface area contributed by atoms with E-state index in [4.69, 9.17) is 14.2 Å². The predicted octanol–water partition coefficient (Wildman–Crippen LogP) is 1.92. The number of nitrogens with zero attached hydrogens (tertiary/aromatic N) is 1. The van der Waals surface area contributed by atoms with E-state index in [1.165, 1.54) is 33.2 Å². The third kappa shape index (κ3) is 4.22. The number of nitro benzene ring substituents is 1. The lowest BCUT2D eigenvalue weighted by Gasteiger charge is -2.16. The van der Waals surface area contributed by atoms with Crippen LogP contribution in [0.1, 0.15) is 25.5 Å². The smallest absolute Gasteiger partial charge is 0.422 e. The normalized spacial score (nSPS) is 11.5. The van der Waals surface area contributed by atoms with Crippen molar-refractivity contribution in [1.82, 2.24) is 10.9 Å². The van der Waals surface area contributed by atoms with E-state index in [1.807, 2.05) is 0 Å². The quantitative estimate of drug-likeness (QED) is 0.584. The van der Waals surface area contributed by atoms with Crippen LogP contribution in [0.15, 0.2) is 12.1 Å². The molecule has 1 atom stereocenters. The number of hydrogen-bond acceptors (Lipinski definition) is 7. The number of ether oxygens (including phenoxy) is 3. The number of amides is 1. The van der Waals surface area contributed by atoms with Crippen molar-refractivity contribution < 1.29 is 23.9 Å². The molecule has 0 saturated heterocycles. The first kappa shape index (κ1) is 17.5. The zero-order valence-electron chi connectivity index (χ0n) is 12.8. The summed E-state index contributed by atoms with van der Waals surface area (Å²) in [7, 11) is 2.92. The predicted molar refractivity (Wildman–Crippen MR) is 77.9 cm³/mol. The first-order chi connectivity index (χ1) is 10.4. The van der Waals surface area contributed by atoms with E-state index in [2.05, 4.69) is 10.9 Å². The van der Waals surface area contributed by atoms with E-state index in [0.717, 1.165) is 0 Å². The molecule has 9 nitrogen and oxygen atoms in total. The molecule has 0 aliphatic rings. The first-order valence-corrected chi connectivity index (χ1v) is 6.57. The second-order valence-corrected chi connectivity index (χ2v) is 4.17. The van der Waals surface area contributed by atoms with Gasteiger partial charge in [-0.3, -0.25) is 15.5 Å². The highest BCUT2D eigenvalue weighted by Crippen LogP contribution is 2.38. The van der Waals surface area contributed by atoms with Gasteiger partial charge in [0.1, 0.15) is 6.10 Å². The van der Waals surface area contributed by atoms with Crippen molar-refractivity contribution in [2.24, 2.45) is 0 Å². The Bertz CT molecular complexity index is 549. The van der Waals surface area contributed by atoms with Crippen LogP contribution in [-0.2, 0) is 4.74 Å². The summed E-state index contributed by atoms with van der Waals surface area (Å²) >= 11 is 0. The molecule has 1 amide bonds. The molecule has 0 bridgehead atoms. The highest BCUT2D eigenvalue weighted by molar-refractivity contribution is 5.67. The Morgan fingerprint density at radius 1 is 1.41 bits per heavy atom. The highest BCUT2D eigenvalue weighted by atomic mass is 16.6. The Labute approximate surface area is 127 Å². The molecule has 1 aromatic rings. The second-order valence-electron chi connectivity index (χ2n) is 4.17. The van der Waals surface area contributed by atoms with Crippen LogP contribution in [-0.4, -0.2) is 31.8 Å². The van der Waals surface area contributed by atoms with Crippen molar-refractivity contribution in [3.63, 3.8) is 0 Å². The molecule has 1 rings (SSSR count). The molecule has 0 spiro atoms. The van der Waals surface area contributed by atoms with E-state index in [-0.39, 0.29) is 17.0 Å². The molecule has 0 aliphatic carbocycles. The van der Waals surface area contributed by atoms with Crippen LogP contribution < -0.4 is 20.3 Å². The molecule has 0 heterocycles. The standard InChI is InChI=1S/C13H19N3O6/c1-5-21-12-7-10(16(18)19)9(6-11(12)20-4)8(2)22-13(17)15-14-3/h6-8,14H,5H2,1-4H3,(H,15,17). The van der Waals surface area contributed by atoms with Crippen molar-refractivity contribution in [3.8, 4) is 11.5 Å². The molecule has 1 aromatic carbocycles. The van der Waals surface area contributed by atoms with Gasteiger partial charge in [0.15, 0.2) is 11.5 Å². The van der Waals surface area contributed by atoms with Crippen molar-refractivity contribution in [2.45, 2.75) is 20.0 Å². The molecule has 2 N–H and O–H groups in total. The summed E-state index contributed by atoms with van der Waals surface area (Å²) in [6, 6.07) is 2.69. The molecule has 122 valence electrons. The second kappa shape index (κ2) is 8.03. The average molecular weight is 313 g/mol. The summed E-state index contributed by atoms with van der Waals surface area (Å²) in [6.45, 7) is 3.62. The number of nitrogens with one attached hydrogen (secondary N) is 2. The molecular formula is C13H19N3O6. The lowest BCUT2D eigenvalue weighted by atomic mass is 10.1. The number of benzene rings is 1. The van der Waals surface area contributed by atoms with Gasteiger partial charge in [0.05, 0.1) is 30.3 Å². The van der Waals surface area contributed by atoms with Crippen LogP contribution in [0.5, 0.6) is 11.5 Å². The lowest BCUT2D eigenvalue weighted by Crippen LogP contribution is -2.35. The van der Waals surface area contributed by atoms with Gasteiger partial charge in [-0.15, -0.1) is 0 Å². The van der Waals surface area contributed by atoms with Gasteiger partial charge in [0, 0.05) is 7.05 Å². The van der Waals surface area contributed by atoms with Gasteiger partial charge < -0.3 is 14.2 Å². The molecule has 0 radical (unpaired) electrons. The summed E-state index contributed by atoms with van der Waals surface area (Å²) in [5.74, 6) is 0.583. The number of rotatable bonds is 7. The molecule has 0 fully saturated rings. The van der Waals surface area contributed by atoms with Gasteiger partial charge >= 0.3 is 6.09 Å². The molecule has 0 aliphatic heterocycles. The molecular weight excluding hydrogens is 294 g/mol. The summed E-state index contributed by atoms with van der Waals surface area (Å²) in [6.07, 6.45) is -1.60. The minimum absolute atomic E-state index is 0.205. The topological polar surface area (TPSA) is 112 Å². The maximum Gasteiger partial charge on any atom is 0.422 e. The SMILES string of the molecule is CCOc1cc([N+](=O)[O-])c(C(C)OC(=O)NNC)cc1OC. The molecule has 9 heteroatoms. The Balaban J connectivity index is 3.20. The van der Waals surface area contributed by atoms with Crippen LogP contribution in [0.2, 0.25) is 0 Å². The van der Waals surface area contributed by atoms with Crippen molar-refractivity contribution >= 4 is 11.8 Å². The van der Waals surface area contributed by atoms with Crippen LogP contribution in [0.25, 0.3) is 0 Å². The number of nitro groups is 1. The minimum atomic E-state index is -0.849. The Morgan fingerprint density at radius 3 is 2.59 bits per heavy atom. The van der Waals surface area contributed by atoms with Crippen LogP contribution in [0, 0.1) is 10.1 Å². The molecule has 0 aromatic heterocycles. The number of hydrazine groups is 1. The van der Waals surface area contributed by atoms with E-state index >= 15 is 0 Å². The first-order valence-electron chi connectivity index (χ1n) is 6.57. The van der Waals surface area contributed by atoms with Crippen molar-refractivity contribution in [3.05, 3.63) is 27.8 Å². The largest absolute Gasteiger partial charge is 0.493 e. The number of carbonyl (C=O) groups excluding carboxylic acids is 1. The fourth-order valence-corrected chi connectivity index (χ4v) is 1.83. The van der Waals surface area contributed by atoms with Crippen molar-refractivity contribution in [1.29, 1.82) is 0 Å². The van der Waals surface area contributed by atoms with Gasteiger partial charge in [0.2, 0.25) is 0 Å². The minimum Gasteiger partial charge on any atom is -0.493 e. The molecule has 0 saturated carbocycles. The number of carbonyl (C=O) groups is 1. The van der Waals surface area contributed by atoms with Crippen LogP contribution in [0.3, 0.4) is 0 Å². The monoisotopic (exact) mass is 313 g/mol. The summed E-state index contributed by atoms with van der Waals surface area (Å²) < 4.78 is 15.5. The van der Waals surface area contributed by atoms with E-state index in [1.54, 1.807) is 6.92 Å². The van der Waals surface area contributed by atoms with Gasteiger partial charge in [0.25, 0.3) is 5.69 Å². The Morgan fingerprint density at radius 2 is 2.09 bits per heavy atom. The summed E-state index contributed by atoms with van der Waals surface area (Å²) in [5, 5.41) is 11.2. The number of hydrogen-bond donors (Lipinski definition) is 2. The van der Waals surface area contributed by atoms with Gasteiger partial charge in [-0.1, -0.05) is 0 Å². The summed E-state index contributed by atoms with van der Waals surface area (Å²) in [4.78, 5) is 22.1. The zero-order valence-corrected chi connectivity index (χ0v) is 12.8. The van der Waals surface area contributed by atoms with E-state index < -0.39 is 17.1 Å². The average Bonchev–Trinajstić information content (AvgIpc) is 2.47. The van der Waals surface area contributed by atoms with Gasteiger partial charge in [-0.05, 0) is 19.9 Å². The zero-order chi connectivity index (χ0) is 16.7. The third-order valence-electron chi connectivity index (χ3n) is 2.76. The van der Waals surface area contributed by atoms with Crippen LogP contribution in [0.4, 0.5) is 10.5 Å². The highest BCUT2D eigenvalue weighted by Gasteiger charge is 2.25. The fourth-order valence-electron chi connectivity index (χ4n) is 1.83. The maximum atomic E-state index is 11.4. The third-order valence-corrected chi connectivity index (χ3v) is 2.76. The van der Waals surface area contributed by atoms with E-state index in [0.29, 0.717) is 12.4 Å². The molecule has 1 unspecified atom stereocenters. The fraction of sp³-hybridized carbons (Fsp3) is 0.462. The maximum absolute atomic E-state index is 11.4. The molecule has 22 heavy (non-hydrogen) atoms. The van der Waals surface area contributed by atoms with E-state index in [9.17, 15) is 14.9 Å². The number of methoxy groups -OCH3 is 1. The summed E-state index contributed by atoms with van der Waals surface area (Å²) in [5.41, 5.74) is 4.62. The Kier molecular flexibility index (Phi) is 6.39.